The number of rotatable bonds is 5. The Kier molecular flexibility index (Phi) is 4.55. The Bertz CT molecular complexity index is 345. The Morgan fingerprint density at radius 2 is 2.25 bits per heavy atom. The van der Waals surface area contributed by atoms with Gasteiger partial charge in [0.1, 0.15) is 0 Å². The Labute approximate surface area is 96.1 Å². The Hall–Kier alpha value is -1.29. The molecule has 90 valence electrons. The molecule has 4 heteroatoms. The molecule has 0 radical (unpaired) electrons. The van der Waals surface area contributed by atoms with Gasteiger partial charge in [-0.05, 0) is 25.3 Å². The number of aliphatic hydroxyl groups excluding tert-OH is 1. The summed E-state index contributed by atoms with van der Waals surface area (Å²) in [5.41, 5.74) is 1.49. The molecule has 0 aliphatic carbocycles. The number of nitrogens with one attached hydrogen (secondary N) is 2. The van der Waals surface area contributed by atoms with E-state index in [9.17, 15) is 4.79 Å². The lowest BCUT2D eigenvalue weighted by Gasteiger charge is -2.18. The topological polar surface area (TPSA) is 65.1 Å². The van der Waals surface area contributed by atoms with E-state index in [0.29, 0.717) is 11.5 Å². The number of hydrogen-bond acceptors (Lipinski definition) is 2. The van der Waals surface area contributed by atoms with Gasteiger partial charge in [0.05, 0.1) is 18.2 Å². The third kappa shape index (κ3) is 3.38. The van der Waals surface area contributed by atoms with Crippen molar-refractivity contribution in [2.45, 2.75) is 33.2 Å². The van der Waals surface area contributed by atoms with E-state index in [1.165, 1.54) is 0 Å². The van der Waals surface area contributed by atoms with Gasteiger partial charge in [0.25, 0.3) is 5.91 Å². The molecule has 1 rings (SSSR count). The largest absolute Gasteiger partial charge is 0.394 e. The van der Waals surface area contributed by atoms with Crippen LogP contribution in [0.15, 0.2) is 12.3 Å². The summed E-state index contributed by atoms with van der Waals surface area (Å²) in [6, 6.07) is 1.58. The van der Waals surface area contributed by atoms with Crippen molar-refractivity contribution in [2.75, 3.05) is 6.61 Å². The minimum Gasteiger partial charge on any atom is -0.394 e. The number of aryl methyl sites for hydroxylation is 1. The van der Waals surface area contributed by atoms with Gasteiger partial charge in [-0.1, -0.05) is 13.8 Å². The van der Waals surface area contributed by atoms with Crippen molar-refractivity contribution in [3.05, 3.63) is 23.5 Å². The molecule has 3 N–H and O–H groups in total. The number of carbonyl (C=O) groups excluding carboxylic acids is 1. The smallest absolute Gasteiger partial charge is 0.253 e. The molecule has 0 aliphatic heterocycles. The third-order valence-corrected chi connectivity index (χ3v) is 2.51. The standard InChI is InChI=1S/C12H20N2O2/c1-8(2)6-10(7-15)14-12(16)11-4-5-13-9(11)3/h4-5,8,10,13,15H,6-7H2,1-3H3,(H,14,16)/t10-/m0/s1. The molecule has 4 nitrogen and oxygen atoms in total. The second kappa shape index (κ2) is 5.70. The fraction of sp³-hybridized carbons (Fsp3) is 0.583. The van der Waals surface area contributed by atoms with E-state index in [2.05, 4.69) is 24.1 Å². The molecule has 1 amide bonds. The van der Waals surface area contributed by atoms with Crippen LogP contribution < -0.4 is 5.32 Å². The third-order valence-electron chi connectivity index (χ3n) is 2.51. The molecule has 0 spiro atoms. The first-order valence-corrected chi connectivity index (χ1v) is 5.60. The van der Waals surface area contributed by atoms with Crippen molar-refractivity contribution in [3.63, 3.8) is 0 Å². The normalized spacial score (nSPS) is 12.8. The van der Waals surface area contributed by atoms with Crippen LogP contribution >= 0.6 is 0 Å². The second-order valence-corrected chi connectivity index (χ2v) is 4.50. The van der Waals surface area contributed by atoms with Crippen LogP contribution in [0.25, 0.3) is 0 Å². The van der Waals surface area contributed by atoms with E-state index in [1.54, 1.807) is 12.3 Å². The maximum Gasteiger partial charge on any atom is 0.253 e. The highest BCUT2D eigenvalue weighted by Gasteiger charge is 2.15. The highest BCUT2D eigenvalue weighted by molar-refractivity contribution is 5.95. The number of aromatic nitrogens is 1. The number of aliphatic hydroxyl groups is 1. The Balaban J connectivity index is 2.59. The van der Waals surface area contributed by atoms with Crippen LogP contribution in [0.1, 0.15) is 36.3 Å². The molecule has 0 aromatic carbocycles. The SMILES string of the molecule is Cc1[nH]ccc1C(=O)N[C@H](CO)CC(C)C. The highest BCUT2D eigenvalue weighted by atomic mass is 16.3. The van der Waals surface area contributed by atoms with Crippen LogP contribution in [0, 0.1) is 12.8 Å². The van der Waals surface area contributed by atoms with Gasteiger partial charge in [-0.2, -0.15) is 0 Å². The summed E-state index contributed by atoms with van der Waals surface area (Å²) in [5.74, 6) is 0.322. The van der Waals surface area contributed by atoms with Gasteiger partial charge < -0.3 is 15.4 Å². The maximum atomic E-state index is 11.8. The molecule has 0 saturated heterocycles. The lowest BCUT2D eigenvalue weighted by Crippen LogP contribution is -2.38. The molecular formula is C12H20N2O2. The van der Waals surface area contributed by atoms with Crippen LogP contribution in [-0.2, 0) is 0 Å². The van der Waals surface area contributed by atoms with Gasteiger partial charge in [0.2, 0.25) is 0 Å². The second-order valence-electron chi connectivity index (χ2n) is 4.50. The summed E-state index contributed by atoms with van der Waals surface area (Å²) in [6.07, 6.45) is 2.52. The van der Waals surface area contributed by atoms with E-state index in [-0.39, 0.29) is 18.6 Å². The first-order chi connectivity index (χ1) is 7.54. The van der Waals surface area contributed by atoms with Crippen LogP contribution in [0.3, 0.4) is 0 Å². The van der Waals surface area contributed by atoms with Gasteiger partial charge in [-0.25, -0.2) is 0 Å². The number of carbonyl (C=O) groups is 1. The lowest BCUT2D eigenvalue weighted by molar-refractivity contribution is 0.0908. The number of aromatic amines is 1. The average molecular weight is 224 g/mol. The van der Waals surface area contributed by atoms with Gasteiger partial charge in [0.15, 0.2) is 0 Å². The van der Waals surface area contributed by atoms with Crippen LogP contribution in [0.5, 0.6) is 0 Å². The monoisotopic (exact) mass is 224 g/mol. The zero-order chi connectivity index (χ0) is 12.1. The first kappa shape index (κ1) is 12.8. The summed E-state index contributed by atoms with van der Waals surface area (Å²) in [7, 11) is 0. The minimum absolute atomic E-state index is 0.0204. The predicted octanol–water partition coefficient (Wildman–Crippen LogP) is 1.46. The van der Waals surface area contributed by atoms with Gasteiger partial charge in [0, 0.05) is 11.9 Å². The van der Waals surface area contributed by atoms with E-state index < -0.39 is 0 Å². The van der Waals surface area contributed by atoms with Crippen molar-refractivity contribution < 1.29 is 9.90 Å². The van der Waals surface area contributed by atoms with Crippen molar-refractivity contribution in [1.82, 2.24) is 10.3 Å². The number of hydrogen-bond donors (Lipinski definition) is 3. The Morgan fingerprint density at radius 3 is 2.69 bits per heavy atom. The minimum atomic E-state index is -0.165. The zero-order valence-electron chi connectivity index (χ0n) is 10.1. The molecule has 0 aliphatic rings. The molecule has 1 atom stereocenters. The zero-order valence-corrected chi connectivity index (χ0v) is 10.1. The van der Waals surface area contributed by atoms with Crippen molar-refractivity contribution in [2.24, 2.45) is 5.92 Å². The summed E-state index contributed by atoms with van der Waals surface area (Å²) < 4.78 is 0. The highest BCUT2D eigenvalue weighted by Crippen LogP contribution is 2.08. The molecule has 1 heterocycles. The number of H-pyrrole nitrogens is 1. The lowest BCUT2D eigenvalue weighted by atomic mass is 10.0. The van der Waals surface area contributed by atoms with Crippen molar-refractivity contribution in [3.8, 4) is 0 Å². The molecular weight excluding hydrogens is 204 g/mol. The fourth-order valence-electron chi connectivity index (χ4n) is 1.71. The molecule has 0 fully saturated rings. The summed E-state index contributed by atoms with van der Waals surface area (Å²) in [4.78, 5) is 14.8. The molecule has 0 saturated carbocycles. The molecule has 16 heavy (non-hydrogen) atoms. The van der Waals surface area contributed by atoms with E-state index in [0.717, 1.165) is 12.1 Å². The van der Waals surface area contributed by atoms with E-state index >= 15 is 0 Å². The summed E-state index contributed by atoms with van der Waals surface area (Å²) in [5, 5.41) is 12.0. The summed E-state index contributed by atoms with van der Waals surface area (Å²) >= 11 is 0. The average Bonchev–Trinajstić information content (AvgIpc) is 2.62. The fourth-order valence-corrected chi connectivity index (χ4v) is 1.71. The van der Waals surface area contributed by atoms with Crippen molar-refractivity contribution >= 4 is 5.91 Å². The van der Waals surface area contributed by atoms with Gasteiger partial charge >= 0.3 is 0 Å². The molecule has 1 aromatic rings. The molecule has 0 unspecified atom stereocenters. The van der Waals surface area contributed by atoms with E-state index in [4.69, 9.17) is 5.11 Å². The van der Waals surface area contributed by atoms with Crippen molar-refractivity contribution in [1.29, 1.82) is 0 Å². The first-order valence-electron chi connectivity index (χ1n) is 5.60. The molecule has 0 bridgehead atoms. The van der Waals surface area contributed by atoms with E-state index in [1.807, 2.05) is 6.92 Å². The quantitative estimate of drug-likeness (QED) is 0.709. The van der Waals surface area contributed by atoms with Crippen LogP contribution in [-0.4, -0.2) is 28.6 Å². The number of amides is 1. The Morgan fingerprint density at radius 1 is 1.56 bits per heavy atom. The predicted molar refractivity (Wildman–Crippen MR) is 63.3 cm³/mol. The van der Waals surface area contributed by atoms with Crippen LogP contribution in [0.4, 0.5) is 0 Å². The van der Waals surface area contributed by atoms with Gasteiger partial charge in [-0.15, -0.1) is 0 Å². The summed E-state index contributed by atoms with van der Waals surface area (Å²) in [6.45, 7) is 5.96. The van der Waals surface area contributed by atoms with Crippen LogP contribution in [0.2, 0.25) is 0 Å². The van der Waals surface area contributed by atoms with Gasteiger partial charge in [-0.3, -0.25) is 4.79 Å². The molecule has 1 aromatic heterocycles. The maximum absolute atomic E-state index is 11.8.